The number of benzene rings is 1. The Bertz CT molecular complexity index is 1000. The Morgan fingerprint density at radius 3 is 2.45 bits per heavy atom. The number of ether oxygens (including phenoxy) is 3. The summed E-state index contributed by atoms with van der Waals surface area (Å²) in [5.74, 6) is -5.75. The molecule has 1 aliphatic heterocycles. The molecule has 2 rings (SSSR count). The van der Waals surface area contributed by atoms with Crippen LogP contribution >= 0.6 is 11.6 Å². The van der Waals surface area contributed by atoms with Crippen LogP contribution in [-0.4, -0.2) is 55.7 Å². The molecule has 8 nitrogen and oxygen atoms in total. The summed E-state index contributed by atoms with van der Waals surface area (Å²) in [6, 6.07) is 3.13. The zero-order valence-corrected chi connectivity index (χ0v) is 18.6. The Morgan fingerprint density at radius 1 is 1.24 bits per heavy atom. The molecular formula is C21H21ClF3NO7. The summed E-state index contributed by atoms with van der Waals surface area (Å²) < 4.78 is 55.5. The molecule has 2 unspecified atom stereocenters. The van der Waals surface area contributed by atoms with E-state index in [1.807, 2.05) is 0 Å². The van der Waals surface area contributed by atoms with Gasteiger partial charge in [-0.2, -0.15) is 13.2 Å². The van der Waals surface area contributed by atoms with E-state index >= 15 is 0 Å². The summed E-state index contributed by atoms with van der Waals surface area (Å²) in [4.78, 5) is 40.6. The van der Waals surface area contributed by atoms with Crippen molar-refractivity contribution in [2.24, 2.45) is 10.9 Å². The maximum absolute atomic E-state index is 13.5. The predicted octanol–water partition coefficient (Wildman–Crippen LogP) is 3.62. The van der Waals surface area contributed by atoms with Crippen molar-refractivity contribution >= 4 is 35.2 Å². The molecule has 0 aromatic heterocycles. The summed E-state index contributed by atoms with van der Waals surface area (Å²) >= 11 is 6.13. The van der Waals surface area contributed by atoms with E-state index in [4.69, 9.17) is 30.9 Å². The van der Waals surface area contributed by atoms with Crippen LogP contribution in [0.4, 0.5) is 13.2 Å². The summed E-state index contributed by atoms with van der Waals surface area (Å²) in [6.07, 6.45) is -4.80. The smallest absolute Gasteiger partial charge is 0.417 e. The second kappa shape index (κ2) is 10.8. The first-order valence-corrected chi connectivity index (χ1v) is 10.00. The Labute approximate surface area is 192 Å². The van der Waals surface area contributed by atoms with Gasteiger partial charge < -0.3 is 19.3 Å². The summed E-state index contributed by atoms with van der Waals surface area (Å²) in [7, 11) is 1.08. The second-order valence-corrected chi connectivity index (χ2v) is 7.28. The minimum atomic E-state index is -4.80. The van der Waals surface area contributed by atoms with Gasteiger partial charge in [0.25, 0.3) is 0 Å². The molecule has 0 fully saturated rings. The molecule has 2 atom stereocenters. The van der Waals surface area contributed by atoms with Gasteiger partial charge in [0.1, 0.15) is 12.5 Å². The van der Waals surface area contributed by atoms with Crippen LogP contribution in [0.1, 0.15) is 30.9 Å². The molecule has 0 aliphatic carbocycles. The number of esters is 2. The number of nitrogens with zero attached hydrogens (tertiary/aromatic N) is 1. The van der Waals surface area contributed by atoms with Gasteiger partial charge in [0.05, 0.1) is 42.2 Å². The SMILES string of the molecule is CCOC(=O)C1=C(COCC(=O)O)N=C(C)C(C(=O)OC)C1c1cccc(C(F)(F)F)c1Cl. The first-order valence-electron chi connectivity index (χ1n) is 9.62. The third-order valence-electron chi connectivity index (χ3n) is 4.80. The van der Waals surface area contributed by atoms with Crippen molar-refractivity contribution in [3.63, 3.8) is 0 Å². The van der Waals surface area contributed by atoms with Gasteiger partial charge in [-0.05, 0) is 25.5 Å². The second-order valence-electron chi connectivity index (χ2n) is 6.91. The summed E-state index contributed by atoms with van der Waals surface area (Å²) in [5.41, 5.74) is -1.58. The average Bonchev–Trinajstić information content (AvgIpc) is 2.72. The fraction of sp³-hybridized carbons (Fsp3) is 0.429. The van der Waals surface area contributed by atoms with E-state index in [0.29, 0.717) is 0 Å². The van der Waals surface area contributed by atoms with Gasteiger partial charge in [0, 0.05) is 11.6 Å². The number of alkyl halides is 3. The zero-order valence-electron chi connectivity index (χ0n) is 17.9. The molecule has 1 aliphatic rings. The Balaban J connectivity index is 2.79. The molecule has 1 aromatic rings. The topological polar surface area (TPSA) is 111 Å². The van der Waals surface area contributed by atoms with Crippen molar-refractivity contribution in [2.45, 2.75) is 25.9 Å². The standard InChI is InChI=1S/C21H21ClF3NO7/c1-4-33-20(30)17-13(8-32-9-14(27)28)26-10(2)15(19(29)31-3)16(17)11-6-5-7-12(18(11)22)21(23,24)25/h5-7,15-16H,4,8-9H2,1-3H3,(H,27,28). The number of carboxylic acid groups (broad SMARTS) is 1. The third-order valence-corrected chi connectivity index (χ3v) is 5.22. The lowest BCUT2D eigenvalue weighted by Gasteiger charge is -2.32. The molecule has 180 valence electrons. The first-order chi connectivity index (χ1) is 15.4. The lowest BCUT2D eigenvalue weighted by Crippen LogP contribution is -2.37. The average molecular weight is 492 g/mol. The van der Waals surface area contributed by atoms with Crippen molar-refractivity contribution in [3.05, 3.63) is 45.6 Å². The molecule has 0 radical (unpaired) electrons. The van der Waals surface area contributed by atoms with Gasteiger partial charge in [0.2, 0.25) is 0 Å². The van der Waals surface area contributed by atoms with Gasteiger partial charge >= 0.3 is 24.1 Å². The molecule has 12 heteroatoms. The first kappa shape index (κ1) is 26.3. The molecule has 33 heavy (non-hydrogen) atoms. The number of halogens is 4. The summed E-state index contributed by atoms with van der Waals surface area (Å²) in [6.45, 7) is 1.66. The van der Waals surface area contributed by atoms with Crippen LogP contribution in [-0.2, 0) is 34.8 Å². The minimum absolute atomic E-state index is 0.0831. The van der Waals surface area contributed by atoms with Crippen molar-refractivity contribution in [3.8, 4) is 0 Å². The van der Waals surface area contributed by atoms with Crippen LogP contribution in [0.5, 0.6) is 0 Å². The van der Waals surface area contributed by atoms with Gasteiger partial charge in [-0.1, -0.05) is 23.7 Å². The van der Waals surface area contributed by atoms with Crippen LogP contribution in [0.25, 0.3) is 0 Å². The predicted molar refractivity (Wildman–Crippen MR) is 110 cm³/mol. The maximum atomic E-state index is 13.5. The zero-order chi connectivity index (χ0) is 24.9. The van der Waals surface area contributed by atoms with Gasteiger partial charge in [0.15, 0.2) is 0 Å². The van der Waals surface area contributed by atoms with Gasteiger partial charge in [-0.15, -0.1) is 0 Å². The molecule has 1 N–H and O–H groups in total. The number of carbonyl (C=O) groups excluding carboxylic acids is 2. The number of hydrogen-bond acceptors (Lipinski definition) is 7. The molecule has 0 amide bonds. The number of hydrogen-bond donors (Lipinski definition) is 1. The molecule has 0 saturated heterocycles. The van der Waals surface area contributed by atoms with Crippen LogP contribution in [0.3, 0.4) is 0 Å². The Morgan fingerprint density at radius 2 is 1.91 bits per heavy atom. The van der Waals surface area contributed by atoms with E-state index in [2.05, 4.69) is 4.99 Å². The highest BCUT2D eigenvalue weighted by Gasteiger charge is 2.45. The van der Waals surface area contributed by atoms with E-state index < -0.39 is 59.7 Å². The van der Waals surface area contributed by atoms with Crippen LogP contribution in [0, 0.1) is 5.92 Å². The number of carboxylic acids is 1. The number of methoxy groups -OCH3 is 1. The van der Waals surface area contributed by atoms with E-state index in [1.54, 1.807) is 0 Å². The number of carbonyl (C=O) groups is 3. The molecule has 0 bridgehead atoms. The highest BCUT2D eigenvalue weighted by molar-refractivity contribution is 6.32. The quantitative estimate of drug-likeness (QED) is 0.553. The van der Waals surface area contributed by atoms with Crippen molar-refractivity contribution in [1.82, 2.24) is 0 Å². The summed E-state index contributed by atoms with van der Waals surface area (Å²) in [5, 5.41) is 8.12. The van der Waals surface area contributed by atoms with E-state index in [0.717, 1.165) is 19.2 Å². The number of aliphatic carboxylic acids is 1. The molecular weight excluding hydrogens is 471 g/mol. The highest BCUT2D eigenvalue weighted by Crippen LogP contribution is 2.46. The van der Waals surface area contributed by atoms with Gasteiger partial charge in [-0.25, -0.2) is 9.59 Å². The van der Waals surface area contributed by atoms with Crippen molar-refractivity contribution in [2.75, 3.05) is 26.9 Å². The molecule has 1 heterocycles. The minimum Gasteiger partial charge on any atom is -0.480 e. The lowest BCUT2D eigenvalue weighted by atomic mass is 9.75. The highest BCUT2D eigenvalue weighted by atomic mass is 35.5. The van der Waals surface area contributed by atoms with Crippen LogP contribution in [0.15, 0.2) is 34.5 Å². The monoisotopic (exact) mass is 491 g/mol. The number of rotatable bonds is 8. The molecule has 0 spiro atoms. The van der Waals surface area contributed by atoms with Gasteiger partial charge in [-0.3, -0.25) is 9.79 Å². The fourth-order valence-corrected chi connectivity index (χ4v) is 3.86. The Kier molecular flexibility index (Phi) is 8.62. The third kappa shape index (κ3) is 5.91. The normalized spacial score (nSPS) is 18.6. The van der Waals surface area contributed by atoms with E-state index in [-0.39, 0.29) is 29.2 Å². The fourth-order valence-electron chi connectivity index (χ4n) is 3.51. The maximum Gasteiger partial charge on any atom is 0.417 e. The van der Waals surface area contributed by atoms with Crippen molar-refractivity contribution in [1.29, 1.82) is 0 Å². The van der Waals surface area contributed by atoms with E-state index in [9.17, 15) is 27.6 Å². The molecule has 0 saturated carbocycles. The van der Waals surface area contributed by atoms with Crippen LogP contribution in [0.2, 0.25) is 5.02 Å². The Hall–Kier alpha value is -2.92. The molecule has 1 aromatic carbocycles. The van der Waals surface area contributed by atoms with Crippen molar-refractivity contribution < 1.29 is 46.9 Å². The lowest BCUT2D eigenvalue weighted by molar-refractivity contribution is -0.144. The van der Waals surface area contributed by atoms with E-state index in [1.165, 1.54) is 19.9 Å². The largest absolute Gasteiger partial charge is 0.480 e. The van der Waals surface area contributed by atoms with Crippen LogP contribution < -0.4 is 0 Å². The number of aliphatic imine (C=N–C) groups is 1.